The van der Waals surface area contributed by atoms with Crippen LogP contribution in [0.25, 0.3) is 10.1 Å². The van der Waals surface area contributed by atoms with Gasteiger partial charge in [-0.2, -0.15) is 0 Å². The summed E-state index contributed by atoms with van der Waals surface area (Å²) in [5, 5.41) is 5.08. The second kappa shape index (κ2) is 2.42. The molecule has 68 valence electrons. The van der Waals surface area contributed by atoms with Crippen LogP contribution >= 0.6 is 11.3 Å². The zero-order chi connectivity index (χ0) is 9.71. The van der Waals surface area contributed by atoms with Gasteiger partial charge in [0.2, 0.25) is 0 Å². The van der Waals surface area contributed by atoms with Crippen LogP contribution in [0.5, 0.6) is 0 Å². The summed E-state index contributed by atoms with van der Waals surface area (Å²) in [6.07, 6.45) is 0. The van der Waals surface area contributed by atoms with Gasteiger partial charge in [-0.3, -0.25) is 14.9 Å². The van der Waals surface area contributed by atoms with Crippen molar-refractivity contribution < 1.29 is 9.59 Å². The fourth-order valence-corrected chi connectivity index (χ4v) is 2.51. The van der Waals surface area contributed by atoms with E-state index >= 15 is 0 Å². The molecule has 3 rings (SSSR count). The molecule has 0 saturated heterocycles. The number of amides is 2. The van der Waals surface area contributed by atoms with Crippen molar-refractivity contribution >= 4 is 33.2 Å². The molecule has 4 heteroatoms. The van der Waals surface area contributed by atoms with E-state index < -0.39 is 0 Å². The topological polar surface area (TPSA) is 46.2 Å². The maximum Gasteiger partial charge on any atom is 0.259 e. The van der Waals surface area contributed by atoms with Crippen molar-refractivity contribution in [3.63, 3.8) is 0 Å². The van der Waals surface area contributed by atoms with Crippen LogP contribution in [0.1, 0.15) is 20.7 Å². The van der Waals surface area contributed by atoms with Gasteiger partial charge in [0.05, 0.1) is 11.1 Å². The number of nitrogens with one attached hydrogen (secondary N) is 1. The number of carbonyl (C=O) groups excluding carboxylic acids is 2. The van der Waals surface area contributed by atoms with Crippen molar-refractivity contribution in [1.29, 1.82) is 0 Å². The molecule has 0 radical (unpaired) electrons. The first-order chi connectivity index (χ1) is 6.77. The van der Waals surface area contributed by atoms with Crippen LogP contribution in [0.2, 0.25) is 0 Å². The first-order valence-electron chi connectivity index (χ1n) is 4.13. The van der Waals surface area contributed by atoms with Crippen molar-refractivity contribution in [2.75, 3.05) is 0 Å². The summed E-state index contributed by atoms with van der Waals surface area (Å²) >= 11 is 1.57. The minimum absolute atomic E-state index is 0.283. The number of thiophene rings is 1. The van der Waals surface area contributed by atoms with E-state index in [4.69, 9.17) is 0 Å². The number of carbonyl (C=O) groups is 2. The Hall–Kier alpha value is -1.68. The van der Waals surface area contributed by atoms with E-state index in [9.17, 15) is 9.59 Å². The van der Waals surface area contributed by atoms with Crippen LogP contribution < -0.4 is 5.32 Å². The van der Waals surface area contributed by atoms with E-state index in [1.54, 1.807) is 17.4 Å². The van der Waals surface area contributed by atoms with Crippen molar-refractivity contribution in [2.24, 2.45) is 0 Å². The highest BCUT2D eigenvalue weighted by Gasteiger charge is 2.28. The maximum atomic E-state index is 11.5. The van der Waals surface area contributed by atoms with Crippen LogP contribution in [0.4, 0.5) is 0 Å². The molecule has 14 heavy (non-hydrogen) atoms. The highest BCUT2D eigenvalue weighted by Crippen LogP contribution is 2.29. The highest BCUT2D eigenvalue weighted by atomic mass is 32.1. The molecule has 1 aliphatic rings. The lowest BCUT2D eigenvalue weighted by Gasteiger charge is -1.95. The minimum Gasteiger partial charge on any atom is -0.288 e. The van der Waals surface area contributed by atoms with Gasteiger partial charge < -0.3 is 0 Å². The SMILES string of the molecule is O=C1NC(=O)c2c1ccc1sccc21. The Labute approximate surface area is 83.4 Å². The fourth-order valence-electron chi connectivity index (χ4n) is 1.71. The van der Waals surface area contributed by atoms with Crippen molar-refractivity contribution in [3.05, 3.63) is 34.7 Å². The normalized spacial score (nSPS) is 14.6. The Bertz CT molecular complexity index is 571. The number of hydrogen-bond acceptors (Lipinski definition) is 3. The van der Waals surface area contributed by atoms with E-state index in [1.165, 1.54) is 0 Å². The Kier molecular flexibility index (Phi) is 1.33. The molecular weight excluding hydrogens is 198 g/mol. The molecule has 1 N–H and O–H groups in total. The van der Waals surface area contributed by atoms with Crippen LogP contribution in [-0.4, -0.2) is 11.8 Å². The molecule has 2 heterocycles. The highest BCUT2D eigenvalue weighted by molar-refractivity contribution is 7.17. The average Bonchev–Trinajstić information content (AvgIpc) is 2.71. The molecule has 3 nitrogen and oxygen atoms in total. The molecule has 1 aromatic carbocycles. The van der Waals surface area contributed by atoms with Crippen molar-refractivity contribution in [3.8, 4) is 0 Å². The predicted molar refractivity (Wildman–Crippen MR) is 53.6 cm³/mol. The molecule has 0 atom stereocenters. The lowest BCUT2D eigenvalue weighted by atomic mass is 10.1. The maximum absolute atomic E-state index is 11.5. The van der Waals surface area contributed by atoms with E-state index in [0.717, 1.165) is 10.1 Å². The first kappa shape index (κ1) is 7.70. The van der Waals surface area contributed by atoms with Gasteiger partial charge in [-0.05, 0) is 23.6 Å². The van der Waals surface area contributed by atoms with Crippen molar-refractivity contribution in [2.45, 2.75) is 0 Å². The first-order valence-corrected chi connectivity index (χ1v) is 5.01. The van der Waals surface area contributed by atoms with Crippen LogP contribution in [0, 0.1) is 0 Å². The van der Waals surface area contributed by atoms with Gasteiger partial charge in [-0.25, -0.2) is 0 Å². The van der Waals surface area contributed by atoms with Gasteiger partial charge in [-0.15, -0.1) is 11.3 Å². The summed E-state index contributed by atoms with van der Waals surface area (Å²) in [7, 11) is 0. The quantitative estimate of drug-likeness (QED) is 0.663. The van der Waals surface area contributed by atoms with E-state index in [0.29, 0.717) is 11.1 Å². The lowest BCUT2D eigenvalue weighted by molar-refractivity contribution is 0.0880. The molecule has 2 amide bonds. The molecule has 2 aromatic rings. The standard InChI is InChI=1S/C10H5NO2S/c12-9-6-1-2-7-5(3-4-14-7)8(6)10(13)11-9/h1-4H,(H,11,12,13). The molecule has 0 saturated carbocycles. The Morgan fingerprint density at radius 1 is 1.07 bits per heavy atom. The van der Waals surface area contributed by atoms with E-state index in [2.05, 4.69) is 5.32 Å². The van der Waals surface area contributed by atoms with Gasteiger partial charge in [0.15, 0.2) is 0 Å². The summed E-state index contributed by atoms with van der Waals surface area (Å²) in [6.45, 7) is 0. The molecule has 0 aliphatic carbocycles. The Morgan fingerprint density at radius 3 is 2.79 bits per heavy atom. The minimum atomic E-state index is -0.293. The van der Waals surface area contributed by atoms with Gasteiger partial charge in [0, 0.05) is 10.1 Å². The summed E-state index contributed by atoms with van der Waals surface area (Å²) in [4.78, 5) is 22.8. The Morgan fingerprint density at radius 2 is 1.93 bits per heavy atom. The molecular formula is C10H5NO2S. The third kappa shape index (κ3) is 0.807. The molecule has 0 fully saturated rings. The summed E-state index contributed by atoms with van der Waals surface area (Å²) in [5.74, 6) is -0.577. The van der Waals surface area contributed by atoms with Gasteiger partial charge in [-0.1, -0.05) is 0 Å². The van der Waals surface area contributed by atoms with Gasteiger partial charge >= 0.3 is 0 Å². The molecule has 1 aliphatic heterocycles. The predicted octanol–water partition coefficient (Wildman–Crippen LogP) is 1.78. The number of fused-ring (bicyclic) bond motifs is 3. The fraction of sp³-hybridized carbons (Fsp3) is 0. The third-order valence-electron chi connectivity index (χ3n) is 2.33. The average molecular weight is 203 g/mol. The molecule has 0 spiro atoms. The summed E-state index contributed by atoms with van der Waals surface area (Å²) in [6, 6.07) is 5.45. The number of hydrogen-bond donors (Lipinski definition) is 1. The van der Waals surface area contributed by atoms with Crippen LogP contribution in [-0.2, 0) is 0 Å². The van der Waals surface area contributed by atoms with Crippen LogP contribution in [0.15, 0.2) is 23.6 Å². The summed E-state index contributed by atoms with van der Waals surface area (Å²) < 4.78 is 1.04. The largest absolute Gasteiger partial charge is 0.288 e. The van der Waals surface area contributed by atoms with Gasteiger partial charge in [0.25, 0.3) is 11.8 Å². The third-order valence-corrected chi connectivity index (χ3v) is 3.22. The van der Waals surface area contributed by atoms with E-state index in [-0.39, 0.29) is 11.8 Å². The molecule has 1 aromatic heterocycles. The zero-order valence-corrected chi connectivity index (χ0v) is 7.85. The monoisotopic (exact) mass is 203 g/mol. The number of benzene rings is 1. The lowest BCUT2D eigenvalue weighted by Crippen LogP contribution is -2.19. The summed E-state index contributed by atoms with van der Waals surface area (Å²) in [5.41, 5.74) is 1.01. The zero-order valence-electron chi connectivity index (χ0n) is 7.03. The van der Waals surface area contributed by atoms with E-state index in [1.807, 2.05) is 17.5 Å². The molecule has 0 unspecified atom stereocenters. The molecule has 0 bridgehead atoms. The second-order valence-electron chi connectivity index (χ2n) is 3.10. The van der Waals surface area contributed by atoms with Crippen molar-refractivity contribution in [1.82, 2.24) is 5.32 Å². The smallest absolute Gasteiger partial charge is 0.259 e. The number of imide groups is 1. The number of rotatable bonds is 0. The second-order valence-corrected chi connectivity index (χ2v) is 4.05. The van der Waals surface area contributed by atoms with Gasteiger partial charge in [0.1, 0.15) is 0 Å². The van der Waals surface area contributed by atoms with Crippen LogP contribution in [0.3, 0.4) is 0 Å². The Balaban J connectivity index is 2.51.